The molecule has 1 aliphatic rings. The second kappa shape index (κ2) is 8.94. The van der Waals surface area contributed by atoms with Crippen LogP contribution in [0.3, 0.4) is 0 Å². The van der Waals surface area contributed by atoms with Crippen LogP contribution in [0.4, 0.5) is 13.2 Å². The van der Waals surface area contributed by atoms with Crippen molar-refractivity contribution in [2.45, 2.75) is 31.9 Å². The van der Waals surface area contributed by atoms with E-state index in [2.05, 4.69) is 10.3 Å². The van der Waals surface area contributed by atoms with Crippen molar-refractivity contribution in [3.8, 4) is 0 Å². The highest BCUT2D eigenvalue weighted by molar-refractivity contribution is 7.72. The third-order valence-corrected chi connectivity index (χ3v) is 5.68. The van der Waals surface area contributed by atoms with Gasteiger partial charge in [0, 0.05) is 29.4 Å². The maximum absolute atomic E-state index is 12.9. The number of aromatic nitrogens is 1. The number of fused-ring (bicyclic) bond motifs is 1. The van der Waals surface area contributed by atoms with Crippen LogP contribution >= 0.6 is 0 Å². The van der Waals surface area contributed by atoms with Gasteiger partial charge in [0.2, 0.25) is 0 Å². The van der Waals surface area contributed by atoms with Crippen molar-refractivity contribution >= 4 is 33.1 Å². The van der Waals surface area contributed by atoms with E-state index in [0.29, 0.717) is 23.9 Å². The monoisotopic (exact) mass is 426 g/mol. The molecule has 1 amide bonds. The molecule has 1 aliphatic carbocycles. The molecule has 1 N–H and O–H groups in total. The first-order chi connectivity index (χ1) is 13.8. The molecule has 0 unspecified atom stereocenters. The number of hydrogen-bond donors (Lipinski definition) is 2. The van der Waals surface area contributed by atoms with Gasteiger partial charge in [-0.25, -0.2) is 8.42 Å². The van der Waals surface area contributed by atoms with Gasteiger partial charge < -0.3 is 5.32 Å². The molecule has 0 aliphatic heterocycles. The molecule has 1 heterocycles. The first kappa shape index (κ1) is 21.3. The van der Waals surface area contributed by atoms with Gasteiger partial charge in [0.05, 0.1) is 17.0 Å². The molecule has 9 heteroatoms. The number of halogens is 3. The minimum absolute atomic E-state index is 0.0131. The first-order valence-corrected chi connectivity index (χ1v) is 10.7. The number of allylic oxidation sites excluding steroid dienone is 2. The molecule has 1 aromatic carbocycles. The minimum Gasteiger partial charge on any atom is -0.352 e. The molecule has 0 spiro atoms. The normalized spacial score (nSPS) is 17.4. The van der Waals surface area contributed by atoms with Crippen molar-refractivity contribution < 1.29 is 26.4 Å². The molecule has 1 atom stereocenters. The topological polar surface area (TPSA) is 76.1 Å². The lowest BCUT2D eigenvalue weighted by atomic mass is 9.85. The number of thiol groups is 1. The van der Waals surface area contributed by atoms with Crippen LogP contribution in [0.5, 0.6) is 0 Å². The molecule has 0 saturated carbocycles. The van der Waals surface area contributed by atoms with Gasteiger partial charge in [0.1, 0.15) is 10.7 Å². The molecule has 2 aromatic rings. The van der Waals surface area contributed by atoms with Gasteiger partial charge in [-0.3, -0.25) is 9.78 Å². The van der Waals surface area contributed by atoms with Crippen LogP contribution in [0.2, 0.25) is 0 Å². The Bertz CT molecular complexity index is 1010. The SMILES string of the molecule is O=C(NCCC[SH](=O)=O)c1cnc2c(C3=CC[C@@H](C(F)(F)F)CC3)cccc2c1. The van der Waals surface area contributed by atoms with Crippen molar-refractivity contribution in [2.24, 2.45) is 5.92 Å². The van der Waals surface area contributed by atoms with Crippen LogP contribution in [0.1, 0.15) is 41.6 Å². The summed E-state index contributed by atoms with van der Waals surface area (Å²) < 4.78 is 59.7. The number of alkyl halides is 3. The van der Waals surface area contributed by atoms with Crippen LogP contribution in [-0.4, -0.2) is 37.8 Å². The highest BCUT2D eigenvalue weighted by Gasteiger charge is 2.39. The van der Waals surface area contributed by atoms with E-state index in [4.69, 9.17) is 0 Å². The van der Waals surface area contributed by atoms with Crippen LogP contribution in [-0.2, 0) is 10.7 Å². The van der Waals surface area contributed by atoms with Crippen molar-refractivity contribution in [2.75, 3.05) is 12.3 Å². The summed E-state index contributed by atoms with van der Waals surface area (Å²) in [5.74, 6) is -1.64. The number of amides is 1. The molecular formula is C20H21F3N2O3S. The summed E-state index contributed by atoms with van der Waals surface area (Å²) in [6.45, 7) is 0.244. The maximum atomic E-state index is 12.9. The Kier molecular flexibility index (Phi) is 6.56. The third-order valence-electron chi connectivity index (χ3n) is 5.00. The summed E-state index contributed by atoms with van der Waals surface area (Å²) in [7, 11) is -2.46. The van der Waals surface area contributed by atoms with Crippen LogP contribution in [0.25, 0.3) is 16.5 Å². The van der Waals surface area contributed by atoms with E-state index in [-0.39, 0.29) is 31.0 Å². The quantitative estimate of drug-likeness (QED) is 0.545. The molecule has 5 nitrogen and oxygen atoms in total. The standard InChI is InChI=1S/C20H21F3N2O3S/c21-20(22,23)16-7-5-13(6-8-16)17-4-1-3-14-11-15(12-25-18(14)17)19(26)24-9-2-10-29(27)28/h1,3-5,11-12,16,29H,2,6-10H2,(H,24,26)/t16-/m1/s1. The van der Waals surface area contributed by atoms with E-state index in [1.807, 2.05) is 6.07 Å². The van der Waals surface area contributed by atoms with Crippen molar-refractivity contribution in [1.82, 2.24) is 10.3 Å². The Morgan fingerprint density at radius 2 is 2.07 bits per heavy atom. The van der Waals surface area contributed by atoms with Gasteiger partial charge >= 0.3 is 6.18 Å². The Morgan fingerprint density at radius 3 is 2.72 bits per heavy atom. The third kappa shape index (κ3) is 5.35. The number of carbonyl (C=O) groups excluding carboxylic acids is 1. The van der Waals surface area contributed by atoms with Crippen LogP contribution in [0, 0.1) is 5.92 Å². The number of hydrogen-bond acceptors (Lipinski definition) is 4. The summed E-state index contributed by atoms with van der Waals surface area (Å²) >= 11 is 0. The van der Waals surface area contributed by atoms with E-state index in [9.17, 15) is 26.4 Å². The number of pyridine rings is 1. The van der Waals surface area contributed by atoms with Crippen LogP contribution < -0.4 is 5.32 Å². The molecule has 0 fully saturated rings. The van der Waals surface area contributed by atoms with E-state index < -0.39 is 22.8 Å². The first-order valence-electron chi connectivity index (χ1n) is 9.30. The molecule has 0 radical (unpaired) electrons. The lowest BCUT2D eigenvalue weighted by molar-refractivity contribution is -0.175. The molecule has 1 aromatic heterocycles. The molecular weight excluding hydrogens is 405 g/mol. The Hall–Kier alpha value is -2.42. The zero-order chi connectivity index (χ0) is 21.0. The van der Waals surface area contributed by atoms with E-state index >= 15 is 0 Å². The second-order valence-corrected chi connectivity index (χ2v) is 8.12. The van der Waals surface area contributed by atoms with Gasteiger partial charge in [-0.05, 0) is 37.3 Å². The molecule has 0 bridgehead atoms. The highest BCUT2D eigenvalue weighted by Crippen LogP contribution is 2.40. The lowest BCUT2D eigenvalue weighted by Gasteiger charge is -2.24. The predicted octanol–water partition coefficient (Wildman–Crippen LogP) is 3.71. The fraction of sp³-hybridized carbons (Fsp3) is 0.400. The fourth-order valence-corrected chi connectivity index (χ4v) is 3.85. The highest BCUT2D eigenvalue weighted by atomic mass is 32.2. The summed E-state index contributed by atoms with van der Waals surface area (Å²) in [4.78, 5) is 16.6. The van der Waals surface area contributed by atoms with Crippen LogP contribution in [0.15, 0.2) is 36.5 Å². The zero-order valence-electron chi connectivity index (χ0n) is 15.5. The number of nitrogens with one attached hydrogen (secondary N) is 1. The van der Waals surface area contributed by atoms with Crippen molar-refractivity contribution in [3.63, 3.8) is 0 Å². The number of carbonyl (C=O) groups is 1. The number of para-hydroxylation sites is 1. The summed E-state index contributed by atoms with van der Waals surface area (Å²) in [5, 5.41) is 3.37. The molecule has 0 saturated heterocycles. The van der Waals surface area contributed by atoms with Gasteiger partial charge in [0.25, 0.3) is 5.91 Å². The van der Waals surface area contributed by atoms with Crippen molar-refractivity contribution in [1.29, 1.82) is 0 Å². The minimum atomic E-state index is -4.18. The average molecular weight is 426 g/mol. The van der Waals surface area contributed by atoms with E-state index in [1.54, 1.807) is 24.3 Å². The smallest absolute Gasteiger partial charge is 0.352 e. The van der Waals surface area contributed by atoms with Gasteiger partial charge in [-0.1, -0.05) is 24.3 Å². The van der Waals surface area contributed by atoms with Crippen molar-refractivity contribution in [3.05, 3.63) is 47.7 Å². The maximum Gasteiger partial charge on any atom is 0.392 e. The zero-order valence-corrected chi connectivity index (χ0v) is 16.4. The van der Waals surface area contributed by atoms with Gasteiger partial charge in [-0.2, -0.15) is 13.2 Å². The van der Waals surface area contributed by atoms with E-state index in [1.165, 1.54) is 6.20 Å². The fourth-order valence-electron chi connectivity index (χ4n) is 3.43. The molecule has 29 heavy (non-hydrogen) atoms. The second-order valence-electron chi connectivity index (χ2n) is 7.01. The van der Waals surface area contributed by atoms with Gasteiger partial charge in [-0.15, -0.1) is 0 Å². The van der Waals surface area contributed by atoms with Gasteiger partial charge in [0.15, 0.2) is 0 Å². The number of nitrogens with zero attached hydrogens (tertiary/aromatic N) is 1. The molecule has 156 valence electrons. The summed E-state index contributed by atoms with van der Waals surface area (Å²) in [6, 6.07) is 7.10. The van der Waals surface area contributed by atoms with E-state index in [0.717, 1.165) is 16.5 Å². The largest absolute Gasteiger partial charge is 0.392 e. The Balaban J connectivity index is 1.77. The lowest BCUT2D eigenvalue weighted by Crippen LogP contribution is -2.25. The predicted molar refractivity (Wildman–Crippen MR) is 105 cm³/mol. The summed E-state index contributed by atoms with van der Waals surface area (Å²) in [6.07, 6.45) is -0.426. The Labute approximate surface area is 168 Å². The average Bonchev–Trinajstić information content (AvgIpc) is 2.69. The summed E-state index contributed by atoms with van der Waals surface area (Å²) in [5.41, 5.74) is 2.61. The Morgan fingerprint density at radius 1 is 1.28 bits per heavy atom. The number of rotatable bonds is 6. The number of benzene rings is 1. The molecule has 3 rings (SSSR count).